The molecule has 4 fully saturated rings. The maximum absolute atomic E-state index is 13.3. The van der Waals surface area contributed by atoms with Crippen LogP contribution in [0.3, 0.4) is 0 Å². The van der Waals surface area contributed by atoms with Gasteiger partial charge in [0, 0.05) is 80.6 Å². The van der Waals surface area contributed by atoms with Crippen LogP contribution in [0, 0.1) is 18.8 Å². The predicted molar refractivity (Wildman–Crippen MR) is 177 cm³/mol. The van der Waals surface area contributed by atoms with Crippen LogP contribution in [0.25, 0.3) is 27.8 Å². The Kier molecular flexibility index (Phi) is 7.31. The second-order valence-corrected chi connectivity index (χ2v) is 14.0. The molecule has 1 aliphatic carbocycles. The lowest BCUT2D eigenvalue weighted by Gasteiger charge is -2.34. The lowest BCUT2D eigenvalue weighted by molar-refractivity contribution is -0.135. The van der Waals surface area contributed by atoms with Gasteiger partial charge >= 0.3 is 0 Å². The highest BCUT2D eigenvalue weighted by Crippen LogP contribution is 2.38. The zero-order valence-corrected chi connectivity index (χ0v) is 26.5. The zero-order chi connectivity index (χ0) is 30.7. The van der Waals surface area contributed by atoms with Crippen LogP contribution in [0.2, 0.25) is 0 Å². The number of likely N-dealkylation sites (tertiary alicyclic amines) is 2. The SMILES string of the molecule is Cc1c(-c2cc3ccc(N4CCC(C(=O)N5CCCC5)CC4)cc3n2CC2CC2)nn2cc(C(=O)N3CCC[C@@H](N)C3)ccc12. The molecule has 3 saturated heterocycles. The molecule has 1 saturated carbocycles. The molecule has 0 unspecified atom stereocenters. The second-order valence-electron chi connectivity index (χ2n) is 14.0. The molecule has 3 aromatic heterocycles. The van der Waals surface area contributed by atoms with Crippen LogP contribution in [0.4, 0.5) is 5.69 Å². The molecular formula is C36H45N7O2. The maximum atomic E-state index is 13.3. The molecule has 6 heterocycles. The van der Waals surface area contributed by atoms with Gasteiger partial charge in [-0.15, -0.1) is 0 Å². The molecule has 0 spiro atoms. The van der Waals surface area contributed by atoms with E-state index in [0.29, 0.717) is 23.9 Å². The Hall–Kier alpha value is -3.85. The van der Waals surface area contributed by atoms with Crippen molar-refractivity contribution in [2.75, 3.05) is 44.2 Å². The van der Waals surface area contributed by atoms with Crippen molar-refractivity contribution in [1.29, 1.82) is 0 Å². The number of nitrogens with two attached hydrogens (primary N) is 1. The quantitative estimate of drug-likeness (QED) is 0.330. The van der Waals surface area contributed by atoms with Crippen LogP contribution in [-0.4, -0.2) is 81.1 Å². The van der Waals surface area contributed by atoms with Crippen LogP contribution >= 0.6 is 0 Å². The minimum absolute atomic E-state index is 0.0292. The molecule has 9 heteroatoms. The average Bonchev–Trinajstić information content (AvgIpc) is 3.43. The molecule has 2 N–H and O–H groups in total. The third-order valence-corrected chi connectivity index (χ3v) is 10.8. The van der Waals surface area contributed by atoms with E-state index in [2.05, 4.69) is 45.6 Å². The summed E-state index contributed by atoms with van der Waals surface area (Å²) in [6.07, 6.45) is 10.5. The highest BCUT2D eigenvalue weighted by Gasteiger charge is 2.31. The molecule has 0 bridgehead atoms. The molecule has 4 aliphatic rings. The fourth-order valence-corrected chi connectivity index (χ4v) is 7.89. The molecule has 2 amide bonds. The Morgan fingerprint density at radius 1 is 0.867 bits per heavy atom. The number of piperidine rings is 2. The smallest absolute Gasteiger partial charge is 0.255 e. The summed E-state index contributed by atoms with van der Waals surface area (Å²) in [4.78, 5) is 32.8. The lowest BCUT2D eigenvalue weighted by Crippen LogP contribution is -2.45. The van der Waals surface area contributed by atoms with Gasteiger partial charge in [0.1, 0.15) is 5.69 Å². The van der Waals surface area contributed by atoms with Crippen LogP contribution < -0.4 is 10.6 Å². The van der Waals surface area contributed by atoms with Gasteiger partial charge in [0.2, 0.25) is 5.91 Å². The van der Waals surface area contributed by atoms with Crippen LogP contribution in [0.1, 0.15) is 67.3 Å². The number of fused-ring (bicyclic) bond motifs is 2. The first kappa shape index (κ1) is 28.6. The zero-order valence-electron chi connectivity index (χ0n) is 26.5. The van der Waals surface area contributed by atoms with E-state index in [9.17, 15) is 9.59 Å². The number of hydrogen-bond acceptors (Lipinski definition) is 5. The van der Waals surface area contributed by atoms with Gasteiger partial charge in [-0.3, -0.25) is 9.59 Å². The van der Waals surface area contributed by atoms with Crippen molar-refractivity contribution in [3.8, 4) is 11.4 Å². The van der Waals surface area contributed by atoms with E-state index >= 15 is 0 Å². The molecule has 8 rings (SSSR count). The summed E-state index contributed by atoms with van der Waals surface area (Å²) in [5.74, 6) is 1.27. The Balaban J connectivity index is 1.08. The number of rotatable bonds is 6. The van der Waals surface area contributed by atoms with Crippen molar-refractivity contribution in [2.45, 2.75) is 70.9 Å². The summed E-state index contributed by atoms with van der Waals surface area (Å²) in [5.41, 5.74) is 13.6. The first-order valence-corrected chi connectivity index (χ1v) is 17.1. The van der Waals surface area contributed by atoms with Crippen LogP contribution in [0.5, 0.6) is 0 Å². The minimum Gasteiger partial charge on any atom is -0.371 e. The number of benzene rings is 1. The van der Waals surface area contributed by atoms with Crippen molar-refractivity contribution < 1.29 is 9.59 Å². The van der Waals surface area contributed by atoms with Gasteiger partial charge in [-0.2, -0.15) is 5.10 Å². The third-order valence-electron chi connectivity index (χ3n) is 10.8. The molecule has 236 valence electrons. The first-order chi connectivity index (χ1) is 21.9. The second kappa shape index (κ2) is 11.5. The van der Waals surface area contributed by atoms with Gasteiger partial charge < -0.3 is 25.0 Å². The third kappa shape index (κ3) is 5.39. The van der Waals surface area contributed by atoms with E-state index < -0.39 is 0 Å². The Morgan fingerprint density at radius 3 is 2.40 bits per heavy atom. The van der Waals surface area contributed by atoms with Gasteiger partial charge in [-0.1, -0.05) is 6.07 Å². The molecule has 9 nitrogen and oxygen atoms in total. The number of aromatic nitrogens is 3. The number of carbonyl (C=O) groups is 2. The van der Waals surface area contributed by atoms with Crippen LogP contribution in [0.15, 0.2) is 42.6 Å². The molecule has 1 atom stereocenters. The van der Waals surface area contributed by atoms with Crippen molar-refractivity contribution in [3.05, 3.63) is 53.7 Å². The fourth-order valence-electron chi connectivity index (χ4n) is 7.89. The van der Waals surface area contributed by atoms with E-state index in [4.69, 9.17) is 10.8 Å². The predicted octanol–water partition coefficient (Wildman–Crippen LogP) is 5.08. The number of pyridine rings is 1. The van der Waals surface area contributed by atoms with Crippen molar-refractivity contribution in [2.24, 2.45) is 17.6 Å². The lowest BCUT2D eigenvalue weighted by atomic mass is 9.95. The van der Waals surface area contributed by atoms with Gasteiger partial charge in [0.15, 0.2) is 0 Å². The maximum Gasteiger partial charge on any atom is 0.255 e. The summed E-state index contributed by atoms with van der Waals surface area (Å²) < 4.78 is 4.37. The first-order valence-electron chi connectivity index (χ1n) is 17.1. The van der Waals surface area contributed by atoms with E-state index in [1.165, 1.54) is 29.4 Å². The van der Waals surface area contributed by atoms with Gasteiger partial charge in [-0.25, -0.2) is 4.52 Å². The topological polar surface area (TPSA) is 92.1 Å². The standard InChI is InChI=1S/C36H45N7O2/c1-24-31-11-9-28(36(45)41-16-4-5-29(37)23-41)22-43(31)38-34(24)33-19-27-8-10-30(20-32(27)42(33)21-25-6-7-25)39-17-12-26(13-18-39)35(44)40-14-2-3-15-40/h8-11,19-20,22,25-26,29H,2-7,12-18,21,23,37H2,1H3/t29-/m1/s1. The molecule has 4 aromatic rings. The Labute approximate surface area is 264 Å². The molecule has 0 radical (unpaired) electrons. The van der Waals surface area contributed by atoms with Crippen molar-refractivity contribution in [3.63, 3.8) is 0 Å². The summed E-state index contributed by atoms with van der Waals surface area (Å²) in [5, 5.41) is 6.32. The van der Waals surface area contributed by atoms with Crippen molar-refractivity contribution >= 4 is 33.9 Å². The summed E-state index contributed by atoms with van der Waals surface area (Å²) in [6, 6.07) is 13.2. The average molecular weight is 608 g/mol. The molecule has 1 aromatic carbocycles. The number of nitrogens with zero attached hydrogens (tertiary/aromatic N) is 6. The number of carbonyl (C=O) groups excluding carboxylic acids is 2. The molecular weight excluding hydrogens is 562 g/mol. The van der Waals surface area contributed by atoms with E-state index in [1.54, 1.807) is 0 Å². The van der Waals surface area contributed by atoms with E-state index in [0.717, 1.165) is 100 Å². The van der Waals surface area contributed by atoms with E-state index in [-0.39, 0.29) is 17.9 Å². The van der Waals surface area contributed by atoms with Crippen molar-refractivity contribution in [1.82, 2.24) is 24.0 Å². The highest BCUT2D eigenvalue weighted by molar-refractivity contribution is 5.95. The van der Waals surface area contributed by atoms with Crippen LogP contribution in [-0.2, 0) is 11.3 Å². The monoisotopic (exact) mass is 607 g/mol. The largest absolute Gasteiger partial charge is 0.371 e. The minimum atomic E-state index is 0.0292. The Bertz CT molecular complexity index is 1750. The molecule has 45 heavy (non-hydrogen) atoms. The Morgan fingerprint density at radius 2 is 1.64 bits per heavy atom. The number of anilines is 1. The summed E-state index contributed by atoms with van der Waals surface area (Å²) in [7, 11) is 0. The highest BCUT2D eigenvalue weighted by atomic mass is 16.2. The summed E-state index contributed by atoms with van der Waals surface area (Å²) in [6.45, 7) is 8.21. The van der Waals surface area contributed by atoms with E-state index in [1.807, 2.05) is 27.7 Å². The fraction of sp³-hybridized carbons (Fsp3) is 0.528. The van der Waals surface area contributed by atoms with Gasteiger partial charge in [-0.05, 0) is 94.5 Å². The number of hydrogen-bond donors (Lipinski definition) is 1. The number of aryl methyl sites for hydroxylation is 1. The summed E-state index contributed by atoms with van der Waals surface area (Å²) >= 11 is 0. The van der Waals surface area contributed by atoms with Gasteiger partial charge in [0.25, 0.3) is 5.91 Å². The van der Waals surface area contributed by atoms with Gasteiger partial charge in [0.05, 0.1) is 22.3 Å². The molecule has 3 aliphatic heterocycles. The normalized spacial score (nSPS) is 21.4. The number of amides is 2.